The van der Waals surface area contributed by atoms with Crippen LogP contribution in [-0.4, -0.2) is 20.6 Å². The van der Waals surface area contributed by atoms with Gasteiger partial charge in [-0.2, -0.15) is 13.2 Å². The van der Waals surface area contributed by atoms with Gasteiger partial charge in [-0.3, -0.25) is 9.59 Å². The van der Waals surface area contributed by atoms with E-state index in [9.17, 15) is 27.2 Å². The molecule has 0 bridgehead atoms. The molecule has 0 radical (unpaired) electrons. The average Bonchev–Trinajstić information content (AvgIpc) is 2.64. The van der Waals surface area contributed by atoms with E-state index in [-0.39, 0.29) is 35.0 Å². The summed E-state index contributed by atoms with van der Waals surface area (Å²) in [7, 11) is 1.34. The number of hydrogen-bond donors (Lipinski definition) is 2. The Morgan fingerprint density at radius 2 is 1.93 bits per heavy atom. The van der Waals surface area contributed by atoms with Gasteiger partial charge < -0.3 is 15.4 Å². The molecule has 30 heavy (non-hydrogen) atoms. The van der Waals surface area contributed by atoms with E-state index in [2.05, 4.69) is 4.98 Å². The number of pyridine rings is 2. The van der Waals surface area contributed by atoms with Crippen molar-refractivity contribution >= 4 is 22.7 Å². The van der Waals surface area contributed by atoms with Gasteiger partial charge in [0.15, 0.2) is 11.6 Å². The number of nitrogen functional groups attached to an aromatic ring is 1. The summed E-state index contributed by atoms with van der Waals surface area (Å²) in [6, 6.07) is 4.47. The Balaban J connectivity index is 2.43. The van der Waals surface area contributed by atoms with Crippen LogP contribution >= 0.6 is 0 Å². The SMILES string of the molecule is Cc1cc(C(F)(F)F)c(-c2ccc(CCC(=O)O)c3cc(F)c(N)nc23)c(=O)n1C. The monoisotopic (exact) mass is 423 g/mol. The molecule has 10 heteroatoms. The normalized spacial score (nSPS) is 11.8. The number of aliphatic carboxylic acids is 1. The summed E-state index contributed by atoms with van der Waals surface area (Å²) in [5.74, 6) is -2.54. The van der Waals surface area contributed by atoms with E-state index in [4.69, 9.17) is 10.8 Å². The van der Waals surface area contributed by atoms with Crippen molar-refractivity contribution in [3.8, 4) is 11.1 Å². The summed E-state index contributed by atoms with van der Waals surface area (Å²) in [5, 5.41) is 9.01. The summed E-state index contributed by atoms with van der Waals surface area (Å²) in [4.78, 5) is 27.6. The van der Waals surface area contributed by atoms with Crippen molar-refractivity contribution in [1.82, 2.24) is 9.55 Å². The molecule has 3 rings (SSSR count). The van der Waals surface area contributed by atoms with E-state index in [1.165, 1.54) is 26.1 Å². The fraction of sp³-hybridized carbons (Fsp3) is 0.250. The molecule has 1 aromatic carbocycles. The van der Waals surface area contributed by atoms with Crippen molar-refractivity contribution in [2.75, 3.05) is 5.73 Å². The van der Waals surface area contributed by atoms with E-state index < -0.39 is 40.5 Å². The van der Waals surface area contributed by atoms with Crippen LogP contribution in [0.3, 0.4) is 0 Å². The zero-order valence-electron chi connectivity index (χ0n) is 16.0. The molecule has 0 spiro atoms. The predicted octanol–water partition coefficient (Wildman–Crippen LogP) is 3.67. The lowest BCUT2D eigenvalue weighted by molar-refractivity contribution is -0.138. The number of anilines is 1. The first-order chi connectivity index (χ1) is 13.9. The molecule has 0 saturated heterocycles. The summed E-state index contributed by atoms with van der Waals surface area (Å²) >= 11 is 0. The van der Waals surface area contributed by atoms with Crippen molar-refractivity contribution in [3.05, 3.63) is 57.3 Å². The topological polar surface area (TPSA) is 98.2 Å². The summed E-state index contributed by atoms with van der Waals surface area (Å²) in [5.41, 5.74) is 3.06. The largest absolute Gasteiger partial charge is 0.481 e. The van der Waals surface area contributed by atoms with Crippen LogP contribution in [0.2, 0.25) is 0 Å². The van der Waals surface area contributed by atoms with Crippen molar-refractivity contribution in [1.29, 1.82) is 0 Å². The van der Waals surface area contributed by atoms with Crippen LogP contribution in [0, 0.1) is 12.7 Å². The highest BCUT2D eigenvalue weighted by Crippen LogP contribution is 2.39. The van der Waals surface area contributed by atoms with Crippen molar-refractivity contribution in [2.24, 2.45) is 7.05 Å². The van der Waals surface area contributed by atoms with Crippen LogP contribution < -0.4 is 11.3 Å². The molecule has 0 aliphatic rings. The van der Waals surface area contributed by atoms with Gasteiger partial charge in [-0.25, -0.2) is 9.37 Å². The second-order valence-electron chi connectivity index (χ2n) is 6.85. The summed E-state index contributed by atoms with van der Waals surface area (Å²) in [6.45, 7) is 1.37. The predicted molar refractivity (Wildman–Crippen MR) is 102 cm³/mol. The number of nitrogens with zero attached hydrogens (tertiary/aromatic N) is 2. The molecule has 0 aliphatic heterocycles. The number of rotatable bonds is 4. The minimum Gasteiger partial charge on any atom is -0.481 e. The third-order valence-corrected chi connectivity index (χ3v) is 4.91. The van der Waals surface area contributed by atoms with Gasteiger partial charge in [0.2, 0.25) is 0 Å². The van der Waals surface area contributed by atoms with E-state index in [1.807, 2.05) is 0 Å². The number of nitrogens with two attached hydrogens (primary N) is 1. The Kier molecular flexibility index (Phi) is 5.27. The van der Waals surface area contributed by atoms with Crippen molar-refractivity contribution in [2.45, 2.75) is 25.9 Å². The van der Waals surface area contributed by atoms with Gasteiger partial charge in [-0.05, 0) is 31.0 Å². The first-order valence-corrected chi connectivity index (χ1v) is 8.79. The van der Waals surface area contributed by atoms with E-state index in [0.29, 0.717) is 5.56 Å². The first kappa shape index (κ1) is 21.3. The minimum atomic E-state index is -4.83. The minimum absolute atomic E-state index is 0.00477. The number of hydrogen-bond acceptors (Lipinski definition) is 4. The fourth-order valence-electron chi connectivity index (χ4n) is 3.27. The van der Waals surface area contributed by atoms with Crippen molar-refractivity contribution in [3.63, 3.8) is 0 Å². The number of benzene rings is 1. The fourth-order valence-corrected chi connectivity index (χ4v) is 3.27. The number of aryl methyl sites for hydroxylation is 2. The number of carboxylic acids is 1. The quantitative estimate of drug-likeness (QED) is 0.624. The van der Waals surface area contributed by atoms with Gasteiger partial charge in [0.1, 0.15) is 0 Å². The number of aromatic nitrogens is 2. The number of halogens is 4. The summed E-state index contributed by atoms with van der Waals surface area (Å²) < 4.78 is 56.4. The lowest BCUT2D eigenvalue weighted by Gasteiger charge is -2.18. The molecule has 0 aliphatic carbocycles. The Bertz CT molecular complexity index is 1230. The smallest absolute Gasteiger partial charge is 0.417 e. The molecular weight excluding hydrogens is 406 g/mol. The van der Waals surface area contributed by atoms with Gasteiger partial charge in [0.25, 0.3) is 5.56 Å². The van der Waals surface area contributed by atoms with Crippen LogP contribution in [0.1, 0.15) is 23.2 Å². The summed E-state index contributed by atoms with van der Waals surface area (Å²) in [6.07, 6.45) is -5.11. The van der Waals surface area contributed by atoms with Crippen LogP contribution in [0.15, 0.2) is 29.1 Å². The molecule has 158 valence electrons. The Labute approximate surface area is 167 Å². The van der Waals surface area contributed by atoms with Crippen LogP contribution in [0.4, 0.5) is 23.4 Å². The molecule has 3 N–H and O–H groups in total. The molecule has 3 aromatic rings. The van der Waals surface area contributed by atoms with Crippen molar-refractivity contribution < 1.29 is 27.5 Å². The molecule has 0 amide bonds. The number of carbonyl (C=O) groups is 1. The highest BCUT2D eigenvalue weighted by Gasteiger charge is 2.36. The van der Waals surface area contributed by atoms with E-state index in [0.717, 1.165) is 16.7 Å². The van der Waals surface area contributed by atoms with E-state index >= 15 is 0 Å². The highest BCUT2D eigenvalue weighted by atomic mass is 19.4. The Morgan fingerprint density at radius 1 is 1.27 bits per heavy atom. The Morgan fingerprint density at radius 3 is 2.53 bits per heavy atom. The van der Waals surface area contributed by atoms with Crippen LogP contribution in [0.5, 0.6) is 0 Å². The molecule has 2 heterocycles. The first-order valence-electron chi connectivity index (χ1n) is 8.79. The lowest BCUT2D eigenvalue weighted by atomic mass is 9.94. The van der Waals surface area contributed by atoms with Crippen LogP contribution in [0.25, 0.3) is 22.0 Å². The molecule has 2 aromatic heterocycles. The third-order valence-electron chi connectivity index (χ3n) is 4.91. The maximum absolute atomic E-state index is 14.1. The zero-order valence-corrected chi connectivity index (χ0v) is 16.0. The van der Waals surface area contributed by atoms with E-state index in [1.54, 1.807) is 0 Å². The second kappa shape index (κ2) is 7.43. The lowest BCUT2D eigenvalue weighted by Crippen LogP contribution is -2.25. The van der Waals surface area contributed by atoms with Gasteiger partial charge in [-0.15, -0.1) is 0 Å². The second-order valence-corrected chi connectivity index (χ2v) is 6.85. The maximum atomic E-state index is 14.1. The third kappa shape index (κ3) is 3.72. The number of alkyl halides is 3. The standard InChI is InChI=1S/C20H17F4N3O3/c1-9-7-13(20(22,23)24)16(19(30)27(9)2)11-5-3-10(4-6-15(28)29)12-8-14(21)18(25)26-17(11)12/h3,5,7-8H,4,6H2,1-2H3,(H2,25,26)(H,28,29). The van der Waals surface area contributed by atoms with Gasteiger partial charge in [0.05, 0.1) is 16.6 Å². The Hall–Kier alpha value is -3.43. The number of fused-ring (bicyclic) bond motifs is 1. The molecule has 0 unspecified atom stereocenters. The van der Waals surface area contributed by atoms with Gasteiger partial charge in [-0.1, -0.05) is 12.1 Å². The molecule has 0 saturated carbocycles. The zero-order chi connectivity index (χ0) is 22.4. The number of carboxylic acid groups (broad SMARTS) is 1. The molecule has 0 fully saturated rings. The van der Waals surface area contributed by atoms with Gasteiger partial charge >= 0.3 is 12.1 Å². The molecular formula is C20H17F4N3O3. The highest BCUT2D eigenvalue weighted by molar-refractivity contribution is 5.97. The average molecular weight is 423 g/mol. The molecule has 0 atom stereocenters. The maximum Gasteiger partial charge on any atom is 0.417 e. The molecule has 6 nitrogen and oxygen atoms in total. The van der Waals surface area contributed by atoms with Crippen LogP contribution in [-0.2, 0) is 24.4 Å². The van der Waals surface area contributed by atoms with Gasteiger partial charge in [0, 0.05) is 30.1 Å².